The topological polar surface area (TPSA) is 17.8 Å². The molecule has 0 amide bonds. The average molecular weight is 235 g/mol. The fourth-order valence-electron chi connectivity index (χ4n) is 1.47. The van der Waals surface area contributed by atoms with Crippen LogP contribution in [0.25, 0.3) is 0 Å². The van der Waals surface area contributed by atoms with E-state index in [-0.39, 0.29) is 5.38 Å². The number of halogens is 2. The fraction of sp³-hybridized carbons (Fsp3) is 0.700. The summed E-state index contributed by atoms with van der Waals surface area (Å²) in [6.07, 6.45) is 5.75. The maximum Gasteiger partial charge on any atom is 0.0817 e. The van der Waals surface area contributed by atoms with Gasteiger partial charge in [0.1, 0.15) is 0 Å². The van der Waals surface area contributed by atoms with Crippen LogP contribution in [0.15, 0.2) is 6.20 Å². The van der Waals surface area contributed by atoms with Crippen LogP contribution in [0, 0.1) is 0 Å². The van der Waals surface area contributed by atoms with E-state index in [1.165, 1.54) is 0 Å². The van der Waals surface area contributed by atoms with Gasteiger partial charge in [-0.3, -0.25) is 4.68 Å². The van der Waals surface area contributed by atoms with Gasteiger partial charge in [0.2, 0.25) is 0 Å². The second kappa shape index (κ2) is 5.62. The van der Waals surface area contributed by atoms with Gasteiger partial charge in [-0.1, -0.05) is 24.9 Å². The van der Waals surface area contributed by atoms with Gasteiger partial charge in [-0.25, -0.2) is 0 Å². The summed E-state index contributed by atoms with van der Waals surface area (Å²) in [4.78, 5) is 0. The van der Waals surface area contributed by atoms with Crippen molar-refractivity contribution >= 4 is 23.2 Å². The molecule has 1 rings (SSSR count). The van der Waals surface area contributed by atoms with Gasteiger partial charge in [0.05, 0.1) is 16.9 Å². The van der Waals surface area contributed by atoms with E-state index in [1.54, 1.807) is 6.20 Å². The molecule has 2 nitrogen and oxygen atoms in total. The van der Waals surface area contributed by atoms with E-state index in [0.717, 1.165) is 36.4 Å². The lowest BCUT2D eigenvalue weighted by Crippen LogP contribution is -2.04. The predicted octanol–water partition coefficient (Wildman–Crippen LogP) is 3.41. The van der Waals surface area contributed by atoms with Gasteiger partial charge in [0.25, 0.3) is 0 Å². The Morgan fingerprint density at radius 2 is 2.21 bits per heavy atom. The Morgan fingerprint density at radius 1 is 1.50 bits per heavy atom. The van der Waals surface area contributed by atoms with E-state index in [0.29, 0.717) is 0 Å². The number of aryl methyl sites for hydroxylation is 1. The zero-order chi connectivity index (χ0) is 10.6. The van der Waals surface area contributed by atoms with Crippen molar-refractivity contribution in [2.24, 2.45) is 7.05 Å². The fourth-order valence-corrected chi connectivity index (χ4v) is 2.06. The van der Waals surface area contributed by atoms with Crippen LogP contribution in [0.2, 0.25) is 5.02 Å². The zero-order valence-corrected chi connectivity index (χ0v) is 10.1. The maximum atomic E-state index is 6.13. The van der Waals surface area contributed by atoms with Crippen LogP contribution in [0.5, 0.6) is 0 Å². The molecule has 1 heterocycles. The third kappa shape index (κ3) is 3.18. The molecule has 0 saturated heterocycles. The van der Waals surface area contributed by atoms with Crippen molar-refractivity contribution in [2.45, 2.75) is 38.0 Å². The molecule has 0 aliphatic heterocycles. The quantitative estimate of drug-likeness (QED) is 0.715. The molecular formula is C10H16Cl2N2. The molecule has 0 saturated carbocycles. The molecule has 1 aromatic rings. The van der Waals surface area contributed by atoms with Crippen LogP contribution in [0.4, 0.5) is 0 Å². The van der Waals surface area contributed by atoms with Crippen LogP contribution in [-0.4, -0.2) is 15.2 Å². The minimum absolute atomic E-state index is 0.256. The predicted molar refractivity (Wildman–Crippen MR) is 61.1 cm³/mol. The normalized spacial score (nSPS) is 13.1. The van der Waals surface area contributed by atoms with Gasteiger partial charge in [0, 0.05) is 12.4 Å². The Labute approximate surface area is 95.2 Å². The number of alkyl halides is 1. The first-order chi connectivity index (χ1) is 6.65. The van der Waals surface area contributed by atoms with Crippen LogP contribution in [0.1, 0.15) is 31.9 Å². The molecule has 80 valence electrons. The second-order valence-corrected chi connectivity index (χ2v) is 4.51. The average Bonchev–Trinajstić information content (AvgIpc) is 2.44. The monoisotopic (exact) mass is 234 g/mol. The van der Waals surface area contributed by atoms with E-state index in [4.69, 9.17) is 23.2 Å². The Balaban J connectivity index is 2.45. The first kappa shape index (κ1) is 11.9. The lowest BCUT2D eigenvalue weighted by molar-refractivity contribution is 0.636. The molecule has 14 heavy (non-hydrogen) atoms. The highest BCUT2D eigenvalue weighted by Gasteiger charge is 2.09. The van der Waals surface area contributed by atoms with Gasteiger partial charge in [-0.2, -0.15) is 5.10 Å². The number of hydrogen-bond acceptors (Lipinski definition) is 1. The largest absolute Gasteiger partial charge is 0.271 e. The number of aromatic nitrogens is 2. The van der Waals surface area contributed by atoms with Crippen LogP contribution >= 0.6 is 23.2 Å². The van der Waals surface area contributed by atoms with Crippen molar-refractivity contribution in [3.05, 3.63) is 16.9 Å². The smallest absolute Gasteiger partial charge is 0.0817 e. The molecule has 0 aromatic carbocycles. The van der Waals surface area contributed by atoms with Crippen molar-refractivity contribution in [3.8, 4) is 0 Å². The summed E-state index contributed by atoms with van der Waals surface area (Å²) in [5, 5.41) is 5.08. The van der Waals surface area contributed by atoms with Gasteiger partial charge < -0.3 is 0 Å². The highest BCUT2D eigenvalue weighted by atomic mass is 35.5. The first-order valence-corrected chi connectivity index (χ1v) is 5.77. The summed E-state index contributed by atoms with van der Waals surface area (Å²) in [5.41, 5.74) is 1.08. The zero-order valence-electron chi connectivity index (χ0n) is 8.63. The van der Waals surface area contributed by atoms with Crippen molar-refractivity contribution < 1.29 is 0 Å². The molecule has 0 aliphatic rings. The number of rotatable bonds is 5. The highest BCUT2D eigenvalue weighted by molar-refractivity contribution is 6.31. The van der Waals surface area contributed by atoms with E-state index in [2.05, 4.69) is 12.0 Å². The van der Waals surface area contributed by atoms with E-state index >= 15 is 0 Å². The molecule has 0 spiro atoms. The Bertz CT molecular complexity index is 264. The standard InChI is InChI=1S/C10H16Cl2N2/c1-3-4-8(11)5-6-10-9(12)7-13-14(10)2/h7-8H,3-6H2,1-2H3. The molecule has 1 atom stereocenters. The third-order valence-electron chi connectivity index (χ3n) is 2.31. The van der Waals surface area contributed by atoms with E-state index in [9.17, 15) is 0 Å². The van der Waals surface area contributed by atoms with Gasteiger partial charge in [-0.05, 0) is 19.3 Å². The maximum absolute atomic E-state index is 6.13. The second-order valence-electron chi connectivity index (χ2n) is 3.49. The molecule has 0 bridgehead atoms. The van der Waals surface area contributed by atoms with Gasteiger partial charge >= 0.3 is 0 Å². The van der Waals surface area contributed by atoms with Gasteiger partial charge in [-0.15, -0.1) is 11.6 Å². The number of nitrogens with zero attached hydrogens (tertiary/aromatic N) is 2. The molecule has 4 heteroatoms. The molecule has 0 aliphatic carbocycles. The molecule has 0 N–H and O–H groups in total. The van der Waals surface area contributed by atoms with E-state index < -0.39 is 0 Å². The number of hydrogen-bond donors (Lipinski definition) is 0. The molecule has 0 fully saturated rings. The summed E-state index contributed by atoms with van der Waals surface area (Å²) in [5.74, 6) is 0. The summed E-state index contributed by atoms with van der Waals surface area (Å²) >= 11 is 12.1. The highest BCUT2D eigenvalue weighted by Crippen LogP contribution is 2.19. The minimum atomic E-state index is 0.256. The van der Waals surface area contributed by atoms with Crippen LogP contribution < -0.4 is 0 Å². The molecule has 0 radical (unpaired) electrons. The Morgan fingerprint density at radius 3 is 2.71 bits per heavy atom. The minimum Gasteiger partial charge on any atom is -0.271 e. The van der Waals surface area contributed by atoms with Crippen LogP contribution in [0.3, 0.4) is 0 Å². The van der Waals surface area contributed by atoms with Crippen molar-refractivity contribution in [1.29, 1.82) is 0 Å². The summed E-state index contributed by atoms with van der Waals surface area (Å²) in [6, 6.07) is 0. The summed E-state index contributed by atoms with van der Waals surface area (Å²) < 4.78 is 1.82. The Hall–Kier alpha value is -0.210. The third-order valence-corrected chi connectivity index (χ3v) is 3.06. The van der Waals surface area contributed by atoms with Crippen molar-refractivity contribution in [2.75, 3.05) is 0 Å². The van der Waals surface area contributed by atoms with Crippen molar-refractivity contribution in [1.82, 2.24) is 9.78 Å². The summed E-state index contributed by atoms with van der Waals surface area (Å²) in [6.45, 7) is 2.15. The molecule has 1 aromatic heterocycles. The SMILES string of the molecule is CCCC(Cl)CCc1c(Cl)cnn1C. The Kier molecular flexibility index (Phi) is 4.76. The van der Waals surface area contributed by atoms with Crippen LogP contribution in [-0.2, 0) is 13.5 Å². The lowest BCUT2D eigenvalue weighted by atomic mass is 10.1. The molecule has 1 unspecified atom stereocenters. The summed E-state index contributed by atoms with van der Waals surface area (Å²) in [7, 11) is 1.91. The first-order valence-electron chi connectivity index (χ1n) is 4.95. The van der Waals surface area contributed by atoms with Crippen molar-refractivity contribution in [3.63, 3.8) is 0 Å². The molecular weight excluding hydrogens is 219 g/mol. The van der Waals surface area contributed by atoms with E-state index in [1.807, 2.05) is 11.7 Å². The van der Waals surface area contributed by atoms with Gasteiger partial charge in [0.15, 0.2) is 0 Å². The lowest BCUT2D eigenvalue weighted by Gasteiger charge is -2.08.